The number of carbonyl (C=O) groups excluding carboxylic acids is 2. The Morgan fingerprint density at radius 3 is 2.06 bits per heavy atom. The molecule has 0 aliphatic carbocycles. The Morgan fingerprint density at radius 1 is 1.11 bits per heavy atom. The molecule has 106 valence electrons. The summed E-state index contributed by atoms with van der Waals surface area (Å²) in [4.78, 5) is 23.7. The van der Waals surface area contributed by atoms with E-state index in [2.05, 4.69) is 4.74 Å². The van der Waals surface area contributed by atoms with Crippen molar-refractivity contribution in [2.75, 3.05) is 13.7 Å². The van der Waals surface area contributed by atoms with Crippen molar-refractivity contribution < 1.29 is 19.1 Å². The summed E-state index contributed by atoms with van der Waals surface area (Å²) >= 11 is 0. The van der Waals surface area contributed by atoms with E-state index in [4.69, 9.17) is 16.2 Å². The van der Waals surface area contributed by atoms with Crippen LogP contribution in [0.1, 0.15) is 40.0 Å². The molecule has 0 saturated heterocycles. The second-order valence-electron chi connectivity index (χ2n) is 5.21. The molecular formula is C12H24N2O4. The molecule has 18 heavy (non-hydrogen) atoms. The Hall–Kier alpha value is -1.14. The number of ether oxygens (including phenoxy) is 2. The predicted octanol–water partition coefficient (Wildman–Crippen LogP) is 0.328. The number of hydrogen-bond acceptors (Lipinski definition) is 6. The van der Waals surface area contributed by atoms with Gasteiger partial charge in [0.05, 0.1) is 7.11 Å². The van der Waals surface area contributed by atoms with E-state index in [-0.39, 0.29) is 6.42 Å². The fourth-order valence-electron chi connectivity index (χ4n) is 1.39. The highest BCUT2D eigenvalue weighted by atomic mass is 16.6. The van der Waals surface area contributed by atoms with Crippen LogP contribution >= 0.6 is 0 Å². The normalized spacial score (nSPS) is 14.8. The molecule has 0 aromatic carbocycles. The first-order valence-electron chi connectivity index (χ1n) is 5.98. The minimum absolute atomic E-state index is 0.159. The summed E-state index contributed by atoms with van der Waals surface area (Å²) in [5.74, 6) is -1.55. The van der Waals surface area contributed by atoms with Crippen molar-refractivity contribution in [1.29, 1.82) is 0 Å². The van der Waals surface area contributed by atoms with Crippen molar-refractivity contribution in [3.63, 3.8) is 0 Å². The Labute approximate surface area is 108 Å². The predicted molar refractivity (Wildman–Crippen MR) is 67.7 cm³/mol. The van der Waals surface area contributed by atoms with Crippen molar-refractivity contribution in [3.8, 4) is 0 Å². The summed E-state index contributed by atoms with van der Waals surface area (Å²) in [6.07, 6.45) is 1.39. The molecule has 0 aliphatic heterocycles. The maximum Gasteiger partial charge on any atom is 0.338 e. The quantitative estimate of drug-likeness (QED) is 0.405. The van der Waals surface area contributed by atoms with Gasteiger partial charge in [0, 0.05) is 0 Å². The smallest absolute Gasteiger partial charge is 0.338 e. The highest BCUT2D eigenvalue weighted by molar-refractivity contribution is 6.04. The molecule has 6 nitrogen and oxygen atoms in total. The molecule has 6 heteroatoms. The molecule has 4 N–H and O–H groups in total. The Morgan fingerprint density at radius 2 is 1.67 bits per heavy atom. The van der Waals surface area contributed by atoms with Crippen LogP contribution in [0.25, 0.3) is 0 Å². The van der Waals surface area contributed by atoms with E-state index in [1.807, 2.05) is 0 Å². The molecule has 0 fully saturated rings. The lowest BCUT2D eigenvalue weighted by atomic mass is 9.93. The second kappa shape index (κ2) is 6.70. The van der Waals surface area contributed by atoms with Crippen molar-refractivity contribution in [2.45, 2.75) is 51.2 Å². The van der Waals surface area contributed by atoms with Crippen LogP contribution in [-0.4, -0.2) is 36.7 Å². The van der Waals surface area contributed by atoms with Gasteiger partial charge in [-0.15, -0.1) is 0 Å². The average molecular weight is 260 g/mol. The molecule has 0 amide bonds. The summed E-state index contributed by atoms with van der Waals surface area (Å²) in [6, 6.07) is 0. The number of esters is 2. The van der Waals surface area contributed by atoms with Gasteiger partial charge in [-0.3, -0.25) is 0 Å². The number of rotatable bonds is 6. The van der Waals surface area contributed by atoms with Gasteiger partial charge in [0.25, 0.3) is 0 Å². The molecule has 0 radical (unpaired) electrons. The summed E-state index contributed by atoms with van der Waals surface area (Å²) < 4.78 is 9.75. The number of hydrogen-bond donors (Lipinski definition) is 2. The summed E-state index contributed by atoms with van der Waals surface area (Å²) in [5, 5.41) is 0. The third kappa shape index (κ3) is 5.01. The minimum Gasteiger partial charge on any atom is -0.467 e. The highest BCUT2D eigenvalue weighted by Crippen LogP contribution is 2.19. The summed E-state index contributed by atoms with van der Waals surface area (Å²) in [6.45, 7) is 5.61. The van der Waals surface area contributed by atoms with Gasteiger partial charge in [-0.1, -0.05) is 0 Å². The number of unbranched alkanes of at least 4 members (excludes halogenated alkanes) is 1. The van der Waals surface area contributed by atoms with Crippen molar-refractivity contribution in [3.05, 3.63) is 0 Å². The van der Waals surface area contributed by atoms with Crippen LogP contribution in [0.4, 0.5) is 0 Å². The molecule has 0 rings (SSSR count). The van der Waals surface area contributed by atoms with Crippen molar-refractivity contribution in [1.82, 2.24) is 0 Å². The lowest BCUT2D eigenvalue weighted by molar-refractivity contribution is -0.170. The monoisotopic (exact) mass is 260 g/mol. The zero-order valence-corrected chi connectivity index (χ0v) is 11.6. The maximum absolute atomic E-state index is 12.0. The standard InChI is InChI=1S/C12H24N2O4/c1-11(2,3)18-10(16)12(14,9(15)17-4)7-5-6-8-13/h5-8,13-14H2,1-4H3. The van der Waals surface area contributed by atoms with Crippen LogP contribution in [0.15, 0.2) is 0 Å². The van der Waals surface area contributed by atoms with Crippen LogP contribution in [0, 0.1) is 0 Å². The molecule has 0 heterocycles. The van der Waals surface area contributed by atoms with Crippen LogP contribution in [0.5, 0.6) is 0 Å². The van der Waals surface area contributed by atoms with Gasteiger partial charge < -0.3 is 20.9 Å². The van der Waals surface area contributed by atoms with E-state index < -0.39 is 23.1 Å². The number of carbonyl (C=O) groups is 2. The van der Waals surface area contributed by atoms with Gasteiger partial charge in [-0.05, 0) is 46.6 Å². The van der Waals surface area contributed by atoms with Gasteiger partial charge in [0.15, 0.2) is 0 Å². The summed E-state index contributed by atoms with van der Waals surface area (Å²) in [5.41, 5.74) is 8.77. The first kappa shape index (κ1) is 16.9. The van der Waals surface area contributed by atoms with E-state index in [0.29, 0.717) is 19.4 Å². The van der Waals surface area contributed by atoms with Gasteiger partial charge in [-0.25, -0.2) is 9.59 Å². The zero-order chi connectivity index (χ0) is 14.4. The van der Waals surface area contributed by atoms with E-state index in [1.165, 1.54) is 7.11 Å². The van der Waals surface area contributed by atoms with E-state index in [1.54, 1.807) is 20.8 Å². The fourth-order valence-corrected chi connectivity index (χ4v) is 1.39. The third-order valence-corrected chi connectivity index (χ3v) is 2.34. The highest BCUT2D eigenvalue weighted by Gasteiger charge is 2.45. The lowest BCUT2D eigenvalue weighted by Gasteiger charge is -2.29. The molecule has 0 aromatic heterocycles. The molecule has 0 saturated carbocycles. The molecule has 1 atom stereocenters. The molecule has 0 bridgehead atoms. The number of nitrogens with two attached hydrogens (primary N) is 2. The average Bonchev–Trinajstić information content (AvgIpc) is 2.25. The first-order valence-corrected chi connectivity index (χ1v) is 5.98. The molecule has 0 spiro atoms. The van der Waals surface area contributed by atoms with Gasteiger partial charge in [-0.2, -0.15) is 0 Å². The lowest BCUT2D eigenvalue weighted by Crippen LogP contribution is -2.57. The van der Waals surface area contributed by atoms with Gasteiger partial charge in [0.2, 0.25) is 5.54 Å². The van der Waals surface area contributed by atoms with Gasteiger partial charge in [0.1, 0.15) is 5.60 Å². The Kier molecular flexibility index (Phi) is 6.28. The van der Waals surface area contributed by atoms with E-state index in [0.717, 1.165) is 0 Å². The van der Waals surface area contributed by atoms with Crippen LogP contribution in [-0.2, 0) is 19.1 Å². The molecule has 0 aliphatic rings. The molecule has 0 aromatic rings. The van der Waals surface area contributed by atoms with Crippen molar-refractivity contribution in [2.24, 2.45) is 11.5 Å². The Bertz CT molecular complexity index is 299. The zero-order valence-electron chi connectivity index (χ0n) is 11.6. The maximum atomic E-state index is 12.0. The topological polar surface area (TPSA) is 105 Å². The van der Waals surface area contributed by atoms with Crippen LogP contribution in [0.2, 0.25) is 0 Å². The van der Waals surface area contributed by atoms with E-state index in [9.17, 15) is 9.59 Å². The van der Waals surface area contributed by atoms with Crippen LogP contribution < -0.4 is 11.5 Å². The first-order chi connectivity index (χ1) is 8.17. The van der Waals surface area contributed by atoms with Gasteiger partial charge >= 0.3 is 11.9 Å². The summed E-state index contributed by atoms with van der Waals surface area (Å²) in [7, 11) is 1.19. The van der Waals surface area contributed by atoms with Crippen LogP contribution in [0.3, 0.4) is 0 Å². The minimum atomic E-state index is -1.75. The second-order valence-corrected chi connectivity index (χ2v) is 5.21. The Balaban J connectivity index is 4.86. The SMILES string of the molecule is COC(=O)C(N)(CCCCN)C(=O)OC(C)(C)C. The largest absolute Gasteiger partial charge is 0.467 e. The van der Waals surface area contributed by atoms with E-state index >= 15 is 0 Å². The third-order valence-electron chi connectivity index (χ3n) is 2.34. The van der Waals surface area contributed by atoms with Crippen molar-refractivity contribution >= 4 is 11.9 Å². The number of methoxy groups -OCH3 is 1. The fraction of sp³-hybridized carbons (Fsp3) is 0.833. The molecular weight excluding hydrogens is 236 g/mol. The molecule has 1 unspecified atom stereocenters.